The van der Waals surface area contributed by atoms with Crippen LogP contribution in [0.15, 0.2) is 24.3 Å². The molecule has 4 N–H and O–H groups in total. The zero-order chi connectivity index (χ0) is 25.6. The van der Waals surface area contributed by atoms with E-state index in [1.807, 2.05) is 7.05 Å². The van der Waals surface area contributed by atoms with Crippen LogP contribution in [0.1, 0.15) is 50.1 Å². The van der Waals surface area contributed by atoms with Crippen molar-refractivity contribution >= 4 is 63.9 Å². The van der Waals surface area contributed by atoms with Crippen LogP contribution in [0.4, 0.5) is 0 Å². The van der Waals surface area contributed by atoms with Gasteiger partial charge in [0.15, 0.2) is 5.01 Å². The van der Waals surface area contributed by atoms with E-state index in [2.05, 4.69) is 20.2 Å². The lowest BCUT2D eigenvalue weighted by Crippen LogP contribution is -2.66. The van der Waals surface area contributed by atoms with Gasteiger partial charge < -0.3 is 25.7 Å². The number of ether oxygens (including phenoxy) is 1. The van der Waals surface area contributed by atoms with E-state index in [0.29, 0.717) is 22.1 Å². The van der Waals surface area contributed by atoms with Crippen molar-refractivity contribution in [1.82, 2.24) is 20.2 Å². The van der Waals surface area contributed by atoms with Crippen LogP contribution in [0.25, 0.3) is 10.9 Å². The van der Waals surface area contributed by atoms with Crippen molar-refractivity contribution in [2.45, 2.75) is 43.8 Å². The van der Waals surface area contributed by atoms with E-state index in [-0.39, 0.29) is 37.0 Å². The predicted octanol–water partition coefficient (Wildman–Crippen LogP) is 3.34. The number of esters is 1. The summed E-state index contributed by atoms with van der Waals surface area (Å²) in [6.07, 6.45) is 1.57. The monoisotopic (exact) mass is 565 g/mol. The first-order chi connectivity index (χ1) is 17.2. The summed E-state index contributed by atoms with van der Waals surface area (Å²) in [5.41, 5.74) is 7.40. The first kappa shape index (κ1) is 27.5. The molecule has 0 radical (unpaired) electrons. The molecule has 0 bridgehead atoms. The third-order valence-corrected chi connectivity index (χ3v) is 8.57. The minimum Gasteiger partial charge on any atom is -0.469 e. The molecule has 1 saturated carbocycles. The molecule has 198 valence electrons. The summed E-state index contributed by atoms with van der Waals surface area (Å²) < 4.78 is 4.95. The highest BCUT2D eigenvalue weighted by Gasteiger charge is 2.49. The molecule has 1 fully saturated rings. The minimum absolute atomic E-state index is 0. The zero-order valence-corrected chi connectivity index (χ0v) is 22.9. The number of ketones is 1. The highest BCUT2D eigenvalue weighted by atomic mass is 35.5. The Labute approximate surface area is 229 Å². The first-order valence-electron chi connectivity index (χ1n) is 11.9. The molecular formula is C25H29Cl2N5O4S. The fraction of sp³-hybridized carbons (Fsp3) is 0.440. The normalized spacial score (nSPS) is 23.7. The van der Waals surface area contributed by atoms with Gasteiger partial charge in [-0.25, -0.2) is 4.98 Å². The second-order valence-corrected chi connectivity index (χ2v) is 11.2. The molecule has 12 heteroatoms. The summed E-state index contributed by atoms with van der Waals surface area (Å²) in [7, 11) is 3.36. The van der Waals surface area contributed by atoms with Gasteiger partial charge in [-0.15, -0.1) is 23.7 Å². The van der Waals surface area contributed by atoms with Gasteiger partial charge in [-0.05, 0) is 50.6 Å². The van der Waals surface area contributed by atoms with Crippen molar-refractivity contribution in [2.24, 2.45) is 11.7 Å². The Kier molecular flexibility index (Phi) is 7.96. The van der Waals surface area contributed by atoms with Crippen molar-refractivity contribution in [3.63, 3.8) is 0 Å². The number of halogens is 2. The van der Waals surface area contributed by atoms with E-state index in [0.717, 1.165) is 41.0 Å². The van der Waals surface area contributed by atoms with Gasteiger partial charge in [-0.3, -0.25) is 14.4 Å². The first-order valence-corrected chi connectivity index (χ1v) is 13.0. The number of carbonyl (C=O) groups is 3. The number of H-pyrrole nitrogens is 1. The fourth-order valence-corrected chi connectivity index (χ4v) is 6.43. The standard InChI is InChI=1S/C25H28ClN5O4S.ClH/c1-31-8-6-17-19(12-31)36-23(29-17)22(33)30-20-11-13(24(34)35-2)5-7-25(20,27)21(32)18-10-14-9-15(26)3-4-16(14)28-18;/h3-4,9-10,13,20,28H,5-8,11-12,27H2,1-2H3,(H,30,33);1H. The zero-order valence-electron chi connectivity index (χ0n) is 20.5. The van der Waals surface area contributed by atoms with Crippen molar-refractivity contribution in [1.29, 1.82) is 0 Å². The van der Waals surface area contributed by atoms with Crippen LogP contribution < -0.4 is 11.1 Å². The summed E-state index contributed by atoms with van der Waals surface area (Å²) in [5.74, 6) is -1.57. The highest BCUT2D eigenvalue weighted by molar-refractivity contribution is 7.13. The van der Waals surface area contributed by atoms with Gasteiger partial charge in [0.25, 0.3) is 5.91 Å². The number of hydrogen-bond donors (Lipinski definition) is 3. The average molecular weight is 567 g/mol. The number of aromatic nitrogens is 2. The molecule has 9 nitrogen and oxygen atoms in total. The second kappa shape index (κ2) is 10.7. The summed E-state index contributed by atoms with van der Waals surface area (Å²) in [6, 6.07) is 6.24. The molecule has 37 heavy (non-hydrogen) atoms. The SMILES string of the molecule is COC(=O)C1CCC(N)(C(=O)c2cc3cc(Cl)ccc3[nH]2)C(NC(=O)c2nc3c(s2)CN(C)CC3)C1.Cl. The van der Waals surface area contributed by atoms with Gasteiger partial charge in [0.05, 0.1) is 30.5 Å². The van der Waals surface area contributed by atoms with Crippen LogP contribution >= 0.6 is 35.3 Å². The van der Waals surface area contributed by atoms with E-state index in [9.17, 15) is 14.4 Å². The lowest BCUT2D eigenvalue weighted by molar-refractivity contribution is -0.147. The van der Waals surface area contributed by atoms with Gasteiger partial charge in [-0.1, -0.05) is 11.6 Å². The lowest BCUT2D eigenvalue weighted by atomic mass is 9.70. The van der Waals surface area contributed by atoms with E-state index in [1.165, 1.54) is 18.4 Å². The maximum atomic E-state index is 13.8. The maximum absolute atomic E-state index is 13.8. The molecule has 3 unspecified atom stereocenters. The molecule has 3 heterocycles. The molecule has 0 saturated heterocycles. The average Bonchev–Trinajstić information content (AvgIpc) is 3.47. The molecule has 1 aliphatic heterocycles. The Morgan fingerprint density at radius 3 is 2.86 bits per heavy atom. The fourth-order valence-electron chi connectivity index (χ4n) is 5.16. The van der Waals surface area contributed by atoms with E-state index >= 15 is 0 Å². The number of benzene rings is 1. The van der Waals surface area contributed by atoms with Gasteiger partial charge in [0.2, 0.25) is 5.78 Å². The van der Waals surface area contributed by atoms with E-state index in [1.54, 1.807) is 24.3 Å². The number of likely N-dealkylation sites (N-methyl/N-ethyl adjacent to an activating group) is 1. The molecule has 0 spiro atoms. The molecule has 5 rings (SSSR count). The molecule has 1 aliphatic carbocycles. The number of nitrogens with two attached hydrogens (primary N) is 1. The number of thiazole rings is 1. The number of aromatic amines is 1. The number of Topliss-reactive ketones (excluding diaryl/α,β-unsaturated/α-hetero) is 1. The third-order valence-electron chi connectivity index (χ3n) is 7.25. The number of amides is 1. The Balaban J connectivity index is 0.00000320. The third kappa shape index (κ3) is 5.26. The van der Waals surface area contributed by atoms with Crippen molar-refractivity contribution in [2.75, 3.05) is 20.7 Å². The highest BCUT2D eigenvalue weighted by Crippen LogP contribution is 2.35. The Morgan fingerprint density at radius 2 is 2.11 bits per heavy atom. The number of carbonyl (C=O) groups excluding carboxylic acids is 3. The number of methoxy groups -OCH3 is 1. The number of nitrogens with zero attached hydrogens (tertiary/aromatic N) is 2. The smallest absolute Gasteiger partial charge is 0.308 e. The maximum Gasteiger partial charge on any atom is 0.308 e. The number of rotatable bonds is 5. The van der Waals surface area contributed by atoms with Crippen LogP contribution in [0, 0.1) is 5.92 Å². The van der Waals surface area contributed by atoms with E-state index < -0.39 is 23.4 Å². The summed E-state index contributed by atoms with van der Waals surface area (Å²) in [5, 5.41) is 4.64. The van der Waals surface area contributed by atoms with Crippen LogP contribution in [0.2, 0.25) is 5.02 Å². The number of fused-ring (bicyclic) bond motifs is 2. The van der Waals surface area contributed by atoms with Gasteiger partial charge in [0.1, 0.15) is 5.54 Å². The summed E-state index contributed by atoms with van der Waals surface area (Å²) in [6.45, 7) is 1.63. The van der Waals surface area contributed by atoms with Crippen LogP contribution in [0.3, 0.4) is 0 Å². The summed E-state index contributed by atoms with van der Waals surface area (Å²) >= 11 is 7.46. The molecule has 3 aromatic rings. The lowest BCUT2D eigenvalue weighted by Gasteiger charge is -2.42. The molecule has 1 amide bonds. The molecule has 2 aliphatic rings. The second-order valence-electron chi connectivity index (χ2n) is 9.68. The van der Waals surface area contributed by atoms with Crippen molar-refractivity contribution in [3.8, 4) is 0 Å². The van der Waals surface area contributed by atoms with Crippen LogP contribution in [0.5, 0.6) is 0 Å². The van der Waals surface area contributed by atoms with Crippen molar-refractivity contribution < 1.29 is 19.1 Å². The molecule has 2 aromatic heterocycles. The molecular weight excluding hydrogens is 537 g/mol. The van der Waals surface area contributed by atoms with Crippen molar-refractivity contribution in [3.05, 3.63) is 50.6 Å². The predicted molar refractivity (Wildman–Crippen MR) is 145 cm³/mol. The van der Waals surface area contributed by atoms with E-state index in [4.69, 9.17) is 22.1 Å². The topological polar surface area (TPSA) is 130 Å². The van der Waals surface area contributed by atoms with Crippen LogP contribution in [-0.2, 0) is 22.5 Å². The van der Waals surface area contributed by atoms with Crippen LogP contribution in [-0.4, -0.2) is 64.8 Å². The summed E-state index contributed by atoms with van der Waals surface area (Å²) in [4.78, 5) is 50.3. The number of hydrogen-bond acceptors (Lipinski definition) is 8. The molecule has 3 atom stereocenters. The quantitative estimate of drug-likeness (QED) is 0.319. The Morgan fingerprint density at radius 1 is 1.32 bits per heavy atom. The van der Waals surface area contributed by atoms with Gasteiger partial charge in [0, 0.05) is 40.3 Å². The minimum atomic E-state index is -1.41. The van der Waals surface area contributed by atoms with Gasteiger partial charge in [-0.2, -0.15) is 0 Å². The largest absolute Gasteiger partial charge is 0.469 e. The van der Waals surface area contributed by atoms with Gasteiger partial charge >= 0.3 is 5.97 Å². The Hall–Kier alpha value is -2.50. The Bertz CT molecular complexity index is 1360. The molecule has 1 aromatic carbocycles. The number of nitrogens with one attached hydrogen (secondary N) is 2.